The molecule has 3 aromatic rings. The number of H-pyrrole nitrogens is 2. The average molecular weight is 517 g/mol. The number of carbonyl (C=O) groups is 4. The Morgan fingerprint density at radius 3 is 1.72 bits per heavy atom. The lowest BCUT2D eigenvalue weighted by Crippen LogP contribution is -2.12. The third-order valence-electron chi connectivity index (χ3n) is 4.85. The maximum atomic E-state index is 12.3. The summed E-state index contributed by atoms with van der Waals surface area (Å²) < 4.78 is 20.2. The zero-order valence-corrected chi connectivity index (χ0v) is 20.9. The van der Waals surface area contributed by atoms with Gasteiger partial charge in [-0.3, -0.25) is 9.59 Å². The maximum Gasteiger partial charge on any atom is 0.354 e. The molecule has 0 spiro atoms. The number of thiophene rings is 1. The van der Waals surface area contributed by atoms with E-state index < -0.39 is 17.9 Å². The Kier molecular flexibility index (Phi) is 10.0. The molecule has 0 saturated heterocycles. The van der Waals surface area contributed by atoms with Crippen molar-refractivity contribution in [2.75, 3.05) is 33.5 Å². The highest BCUT2D eigenvalue weighted by atomic mass is 32.1. The number of ketones is 1. The predicted octanol–water partition coefficient (Wildman–Crippen LogP) is 4.00. The van der Waals surface area contributed by atoms with Gasteiger partial charge >= 0.3 is 17.9 Å². The van der Waals surface area contributed by atoms with Gasteiger partial charge in [-0.15, -0.1) is 11.3 Å². The van der Waals surface area contributed by atoms with E-state index in [4.69, 9.17) is 18.9 Å². The molecule has 0 aliphatic heterocycles. The summed E-state index contributed by atoms with van der Waals surface area (Å²) in [6, 6.07) is 10.8. The van der Waals surface area contributed by atoms with Crippen LogP contribution in [0.25, 0.3) is 21.1 Å². The zero-order valence-electron chi connectivity index (χ0n) is 20.1. The standard InChI is InChI=1S/C25H28N2O8S/c1-16(28)15-23(29)33-12-4-14-35-25(31)20-8-6-18(27-20)22-10-9-21(36-22)17-5-7-19(26-17)24(30)34-13-3-11-32-2/h5-10,26-27H,3-4,11-15H2,1-2H3. The zero-order chi connectivity index (χ0) is 25.9. The van der Waals surface area contributed by atoms with Gasteiger partial charge in [0.05, 0.1) is 41.0 Å². The van der Waals surface area contributed by atoms with Gasteiger partial charge in [-0.25, -0.2) is 9.59 Å². The lowest BCUT2D eigenvalue weighted by atomic mass is 10.3. The molecule has 0 atom stereocenters. The van der Waals surface area contributed by atoms with E-state index in [0.717, 1.165) is 21.1 Å². The fourth-order valence-electron chi connectivity index (χ4n) is 3.13. The van der Waals surface area contributed by atoms with Gasteiger partial charge < -0.3 is 28.9 Å². The highest BCUT2D eigenvalue weighted by Crippen LogP contribution is 2.33. The molecule has 2 N–H and O–H groups in total. The number of aromatic amines is 2. The lowest BCUT2D eigenvalue weighted by molar-refractivity contribution is -0.145. The second-order valence-electron chi connectivity index (χ2n) is 7.81. The number of esters is 3. The molecule has 11 heteroatoms. The van der Waals surface area contributed by atoms with Crippen LogP contribution in [0.2, 0.25) is 0 Å². The fraction of sp³-hybridized carbons (Fsp3) is 0.360. The molecular formula is C25H28N2O8S. The van der Waals surface area contributed by atoms with E-state index >= 15 is 0 Å². The molecule has 3 rings (SSSR count). The van der Waals surface area contributed by atoms with Crippen LogP contribution in [0.15, 0.2) is 36.4 Å². The quantitative estimate of drug-likeness (QED) is 0.142. The van der Waals surface area contributed by atoms with Crippen molar-refractivity contribution < 1.29 is 38.1 Å². The van der Waals surface area contributed by atoms with Crippen molar-refractivity contribution in [3.63, 3.8) is 0 Å². The maximum absolute atomic E-state index is 12.3. The number of nitrogens with one attached hydrogen (secondary N) is 2. The van der Waals surface area contributed by atoms with Gasteiger partial charge in [-0.1, -0.05) is 0 Å². The Morgan fingerprint density at radius 2 is 1.22 bits per heavy atom. The number of hydrogen-bond acceptors (Lipinski definition) is 9. The molecule has 0 amide bonds. The van der Waals surface area contributed by atoms with Gasteiger partial charge in [0.15, 0.2) is 0 Å². The van der Waals surface area contributed by atoms with Crippen molar-refractivity contribution in [1.82, 2.24) is 9.97 Å². The summed E-state index contributed by atoms with van der Waals surface area (Å²) in [5, 5.41) is 0. The minimum absolute atomic E-state index is 0.0688. The Bertz CT molecular complexity index is 1190. The van der Waals surface area contributed by atoms with Gasteiger partial charge in [0, 0.05) is 26.6 Å². The molecular weight excluding hydrogens is 488 g/mol. The fourth-order valence-corrected chi connectivity index (χ4v) is 4.10. The molecule has 3 aromatic heterocycles. The van der Waals surface area contributed by atoms with Crippen molar-refractivity contribution in [3.05, 3.63) is 47.8 Å². The molecule has 0 bridgehead atoms. The van der Waals surface area contributed by atoms with Crippen LogP contribution < -0.4 is 0 Å². The van der Waals surface area contributed by atoms with E-state index in [-0.39, 0.29) is 32.0 Å². The van der Waals surface area contributed by atoms with E-state index in [1.165, 1.54) is 18.3 Å². The first kappa shape index (κ1) is 26.9. The molecule has 0 unspecified atom stereocenters. The Hall–Kier alpha value is -3.70. The first-order chi connectivity index (χ1) is 17.4. The van der Waals surface area contributed by atoms with Crippen molar-refractivity contribution in [1.29, 1.82) is 0 Å². The van der Waals surface area contributed by atoms with Crippen LogP contribution in [-0.4, -0.2) is 67.2 Å². The van der Waals surface area contributed by atoms with Crippen LogP contribution in [0.5, 0.6) is 0 Å². The number of Topliss-reactive ketones (excluding diaryl/α,β-unsaturated/α-hetero) is 1. The lowest BCUT2D eigenvalue weighted by Gasteiger charge is -2.05. The first-order valence-corrected chi connectivity index (χ1v) is 12.2. The largest absolute Gasteiger partial charge is 0.465 e. The average Bonchev–Trinajstić information content (AvgIpc) is 3.60. The molecule has 0 aliphatic carbocycles. The predicted molar refractivity (Wildman–Crippen MR) is 132 cm³/mol. The van der Waals surface area contributed by atoms with Crippen LogP contribution in [0, 0.1) is 0 Å². The van der Waals surface area contributed by atoms with Crippen LogP contribution in [0.3, 0.4) is 0 Å². The second kappa shape index (κ2) is 13.4. The van der Waals surface area contributed by atoms with Crippen LogP contribution in [-0.2, 0) is 28.5 Å². The molecule has 192 valence electrons. The number of hydrogen-bond donors (Lipinski definition) is 2. The van der Waals surface area contributed by atoms with Gasteiger partial charge in [0.1, 0.15) is 23.6 Å². The number of rotatable bonds is 14. The van der Waals surface area contributed by atoms with Crippen molar-refractivity contribution >= 4 is 35.0 Å². The monoisotopic (exact) mass is 516 g/mol. The SMILES string of the molecule is COCCCOC(=O)c1ccc(-c2ccc(-c3ccc(C(=O)OCCCOC(=O)CC(C)=O)[nH]3)s2)[nH]1. The molecule has 0 saturated carbocycles. The van der Waals surface area contributed by atoms with E-state index in [2.05, 4.69) is 9.97 Å². The Labute approximate surface area is 211 Å². The Morgan fingerprint density at radius 1 is 0.722 bits per heavy atom. The number of ether oxygens (including phenoxy) is 4. The van der Waals surface area contributed by atoms with Gasteiger partial charge in [-0.2, -0.15) is 0 Å². The summed E-state index contributed by atoms with van der Waals surface area (Å²) in [6.07, 6.45) is 0.700. The summed E-state index contributed by atoms with van der Waals surface area (Å²) in [4.78, 5) is 54.5. The first-order valence-electron chi connectivity index (χ1n) is 11.3. The van der Waals surface area contributed by atoms with Crippen LogP contribution in [0.1, 0.15) is 47.2 Å². The highest BCUT2D eigenvalue weighted by Gasteiger charge is 2.15. The molecule has 0 aromatic carbocycles. The Balaban J connectivity index is 1.49. The van der Waals surface area contributed by atoms with Gasteiger partial charge in [0.25, 0.3) is 0 Å². The summed E-state index contributed by atoms with van der Waals surface area (Å²) >= 11 is 1.49. The summed E-state index contributed by atoms with van der Waals surface area (Å²) in [5.74, 6) is -1.80. The summed E-state index contributed by atoms with van der Waals surface area (Å²) in [6.45, 7) is 2.27. The van der Waals surface area contributed by atoms with E-state index in [0.29, 0.717) is 30.8 Å². The van der Waals surface area contributed by atoms with E-state index in [1.54, 1.807) is 25.3 Å². The van der Waals surface area contributed by atoms with E-state index in [9.17, 15) is 19.2 Å². The molecule has 36 heavy (non-hydrogen) atoms. The normalized spacial score (nSPS) is 10.7. The minimum Gasteiger partial charge on any atom is -0.465 e. The molecule has 10 nitrogen and oxygen atoms in total. The topological polar surface area (TPSA) is 137 Å². The number of methoxy groups -OCH3 is 1. The van der Waals surface area contributed by atoms with Crippen molar-refractivity contribution in [2.45, 2.75) is 26.2 Å². The summed E-state index contributed by atoms with van der Waals surface area (Å²) in [7, 11) is 1.60. The van der Waals surface area contributed by atoms with E-state index in [1.807, 2.05) is 18.2 Å². The third-order valence-corrected chi connectivity index (χ3v) is 6.00. The third kappa shape index (κ3) is 7.92. The second-order valence-corrected chi connectivity index (χ2v) is 8.89. The molecule has 0 radical (unpaired) electrons. The smallest absolute Gasteiger partial charge is 0.354 e. The molecule has 0 fully saturated rings. The number of carbonyl (C=O) groups excluding carboxylic acids is 4. The van der Waals surface area contributed by atoms with Crippen LogP contribution >= 0.6 is 11.3 Å². The van der Waals surface area contributed by atoms with Gasteiger partial charge in [0.2, 0.25) is 0 Å². The highest BCUT2D eigenvalue weighted by molar-refractivity contribution is 7.18. The summed E-state index contributed by atoms with van der Waals surface area (Å²) in [5.41, 5.74) is 2.20. The molecule has 3 heterocycles. The van der Waals surface area contributed by atoms with Crippen molar-refractivity contribution in [2.24, 2.45) is 0 Å². The van der Waals surface area contributed by atoms with Gasteiger partial charge in [-0.05, 0) is 43.3 Å². The van der Waals surface area contributed by atoms with Crippen LogP contribution in [0.4, 0.5) is 0 Å². The number of aromatic nitrogens is 2. The van der Waals surface area contributed by atoms with Crippen molar-refractivity contribution in [3.8, 4) is 21.1 Å². The minimum atomic E-state index is -0.591. The molecule has 0 aliphatic rings.